The van der Waals surface area contributed by atoms with Gasteiger partial charge in [0.25, 0.3) is 0 Å². The highest BCUT2D eigenvalue weighted by atomic mass is 16.8. The summed E-state index contributed by atoms with van der Waals surface area (Å²) in [6.45, 7) is -1.52. The molecule has 5 heterocycles. The number of aliphatic hydroxyl groups excluding tert-OH is 9. The van der Waals surface area contributed by atoms with Gasteiger partial charge in [-0.05, 0) is 25.1 Å². The number of rotatable bonds is 11. The second-order valence-corrected chi connectivity index (χ2v) is 15.1. The van der Waals surface area contributed by atoms with Gasteiger partial charge in [-0.3, -0.25) is 4.79 Å². The molecule has 0 bridgehead atoms. The van der Waals surface area contributed by atoms with Crippen molar-refractivity contribution in [3.63, 3.8) is 0 Å². The van der Waals surface area contributed by atoms with Gasteiger partial charge in [-0.25, -0.2) is 0 Å². The van der Waals surface area contributed by atoms with Crippen molar-refractivity contribution in [3.05, 3.63) is 40.6 Å². The Labute approximate surface area is 342 Å². The molecule has 61 heavy (non-hydrogen) atoms. The van der Waals surface area contributed by atoms with E-state index >= 15 is 0 Å². The number of hydrogen-bond acceptors (Lipinski definition) is 24. The summed E-state index contributed by atoms with van der Waals surface area (Å²) < 4.78 is 51.2. The van der Waals surface area contributed by atoms with Crippen LogP contribution in [-0.2, 0) is 33.2 Å². The molecule has 0 saturated carbocycles. The molecule has 24 nitrogen and oxygen atoms in total. The molecule has 17 unspecified atom stereocenters. The van der Waals surface area contributed by atoms with Crippen molar-refractivity contribution in [1.82, 2.24) is 0 Å². The Hall–Kier alpha value is -4.03. The van der Waals surface area contributed by atoms with Crippen LogP contribution in [0.4, 0.5) is 0 Å². The SMILES string of the molecule is CC1OC(OCC2OC(Oc3c(-c4ccc(O)c(O)c4)oc4cc(O)cc(O)c4c3=O)C(OC3OCC(O)(CO)C3O)C(O)C2O)C(O)C(OC2OCC(O)C(O)C2O)C1O. The van der Waals surface area contributed by atoms with Crippen LogP contribution in [0.2, 0.25) is 0 Å². The number of benzene rings is 2. The normalized spacial score (nSPS) is 39.4. The van der Waals surface area contributed by atoms with Crippen LogP contribution in [0.5, 0.6) is 28.7 Å². The van der Waals surface area contributed by atoms with E-state index < -0.39 is 176 Å². The minimum Gasteiger partial charge on any atom is -0.508 e. The number of aliphatic hydroxyl groups is 10. The maximum Gasteiger partial charge on any atom is 0.239 e. The van der Waals surface area contributed by atoms with Crippen molar-refractivity contribution in [2.45, 2.75) is 111 Å². The molecule has 4 aliphatic heterocycles. The molecule has 14 N–H and O–H groups in total. The fraction of sp³-hybridized carbons (Fsp3) is 0.595. The van der Waals surface area contributed by atoms with Gasteiger partial charge >= 0.3 is 0 Å². The summed E-state index contributed by atoms with van der Waals surface area (Å²) in [5.41, 5.74) is -3.87. The molecule has 17 atom stereocenters. The summed E-state index contributed by atoms with van der Waals surface area (Å²) in [6, 6.07) is 4.99. The fourth-order valence-electron chi connectivity index (χ4n) is 7.23. The Balaban J connectivity index is 1.20. The van der Waals surface area contributed by atoms with E-state index in [1.807, 2.05) is 0 Å². The Morgan fingerprint density at radius 2 is 1.46 bits per heavy atom. The number of phenols is 4. The Morgan fingerprint density at radius 1 is 0.738 bits per heavy atom. The minimum absolute atomic E-state index is 0.128. The topological polar surface area (TPSA) is 387 Å². The third kappa shape index (κ3) is 8.56. The fourth-order valence-corrected chi connectivity index (χ4v) is 7.23. The zero-order valence-corrected chi connectivity index (χ0v) is 31.8. The number of phenolic OH excluding ortho intramolecular Hbond substituents is 4. The van der Waals surface area contributed by atoms with Crippen molar-refractivity contribution < 1.29 is 114 Å². The molecule has 24 heteroatoms. The molecule has 0 radical (unpaired) electrons. The van der Waals surface area contributed by atoms with Crippen molar-refractivity contribution in [1.29, 1.82) is 0 Å². The summed E-state index contributed by atoms with van der Waals surface area (Å²) in [5, 5.41) is 147. The van der Waals surface area contributed by atoms with E-state index in [4.69, 9.17) is 42.3 Å². The Bertz CT molecular complexity index is 2080. The monoisotopic (exact) mass is 874 g/mol. The summed E-state index contributed by atoms with van der Waals surface area (Å²) in [5.74, 6) is -3.86. The molecule has 4 saturated heterocycles. The van der Waals surface area contributed by atoms with Crippen molar-refractivity contribution >= 4 is 11.0 Å². The van der Waals surface area contributed by atoms with E-state index in [0.717, 1.165) is 24.3 Å². The number of aromatic hydroxyl groups is 4. The van der Waals surface area contributed by atoms with Gasteiger partial charge < -0.3 is 114 Å². The first-order chi connectivity index (χ1) is 28.8. The van der Waals surface area contributed by atoms with Crippen LogP contribution in [0.3, 0.4) is 0 Å². The molecule has 7 rings (SSSR count). The molecule has 4 aliphatic rings. The standard InChI is InChI=1S/C37H46O24/c1-11-21(44)29(59-33-26(49)22(45)17(43)7-53-33)27(50)34(56-11)54-8-19-23(46)25(48)31(61-36-32(51)37(52,9-38)10-55-36)35(58-19)60-30-24(47)20-16(42)5-13(39)6-18(20)57-28(30)12-2-3-14(40)15(41)4-12/h2-6,11,17,19,21-23,25-27,29,31-36,38-46,48-52H,7-10H2,1H3. The van der Waals surface area contributed by atoms with Gasteiger partial charge in [-0.2, -0.15) is 0 Å². The molecule has 0 aliphatic carbocycles. The Morgan fingerprint density at radius 3 is 2.15 bits per heavy atom. The van der Waals surface area contributed by atoms with Gasteiger partial charge in [-0.1, -0.05) is 0 Å². The molecule has 1 aromatic heterocycles. The maximum absolute atomic E-state index is 14.2. The lowest BCUT2D eigenvalue weighted by Gasteiger charge is -2.45. The average molecular weight is 875 g/mol. The molecule has 0 spiro atoms. The summed E-state index contributed by atoms with van der Waals surface area (Å²) in [4.78, 5) is 14.2. The van der Waals surface area contributed by atoms with Gasteiger partial charge in [0.2, 0.25) is 17.5 Å². The lowest BCUT2D eigenvalue weighted by molar-refractivity contribution is -0.355. The highest BCUT2D eigenvalue weighted by Gasteiger charge is 2.55. The molecule has 2 aromatic carbocycles. The lowest BCUT2D eigenvalue weighted by Crippen LogP contribution is -2.64. The zero-order chi connectivity index (χ0) is 44.2. The first-order valence-corrected chi connectivity index (χ1v) is 18.8. The van der Waals surface area contributed by atoms with Gasteiger partial charge in [-0.15, -0.1) is 0 Å². The van der Waals surface area contributed by atoms with E-state index in [2.05, 4.69) is 0 Å². The highest BCUT2D eigenvalue weighted by Crippen LogP contribution is 2.40. The zero-order valence-electron chi connectivity index (χ0n) is 31.8. The van der Waals surface area contributed by atoms with Crippen LogP contribution >= 0.6 is 0 Å². The third-order valence-electron chi connectivity index (χ3n) is 10.9. The number of fused-ring (bicyclic) bond motifs is 1. The minimum atomic E-state index is -2.23. The maximum atomic E-state index is 14.2. The Kier molecular flexibility index (Phi) is 13.0. The first-order valence-electron chi connectivity index (χ1n) is 18.8. The summed E-state index contributed by atoms with van der Waals surface area (Å²) in [6.07, 6.45) is -28.1. The van der Waals surface area contributed by atoms with Crippen LogP contribution in [-0.4, -0.2) is 202 Å². The van der Waals surface area contributed by atoms with Crippen LogP contribution < -0.4 is 10.2 Å². The molecule has 0 amide bonds. The smallest absolute Gasteiger partial charge is 0.239 e. The van der Waals surface area contributed by atoms with Crippen LogP contribution in [0.25, 0.3) is 22.3 Å². The predicted molar refractivity (Wildman–Crippen MR) is 193 cm³/mol. The summed E-state index contributed by atoms with van der Waals surface area (Å²) >= 11 is 0. The van der Waals surface area contributed by atoms with E-state index in [0.29, 0.717) is 0 Å². The predicted octanol–water partition coefficient (Wildman–Crippen LogP) is -4.76. The van der Waals surface area contributed by atoms with Crippen LogP contribution in [0, 0.1) is 0 Å². The second-order valence-electron chi connectivity index (χ2n) is 15.1. The lowest BCUT2D eigenvalue weighted by atomic mass is 9.97. The van der Waals surface area contributed by atoms with E-state index in [1.54, 1.807) is 0 Å². The largest absolute Gasteiger partial charge is 0.508 e. The van der Waals surface area contributed by atoms with E-state index in [9.17, 15) is 76.3 Å². The molecular formula is C37H46O24. The van der Waals surface area contributed by atoms with Crippen LogP contribution in [0.1, 0.15) is 6.92 Å². The molecule has 3 aromatic rings. The molecule has 4 fully saturated rings. The summed E-state index contributed by atoms with van der Waals surface area (Å²) in [7, 11) is 0. The van der Waals surface area contributed by atoms with Gasteiger partial charge in [0, 0.05) is 17.7 Å². The van der Waals surface area contributed by atoms with Gasteiger partial charge in [0.05, 0.1) is 32.5 Å². The van der Waals surface area contributed by atoms with E-state index in [-0.39, 0.29) is 11.1 Å². The number of hydrogen-bond donors (Lipinski definition) is 14. The van der Waals surface area contributed by atoms with E-state index in [1.165, 1.54) is 13.0 Å². The van der Waals surface area contributed by atoms with Gasteiger partial charge in [0.15, 0.2) is 42.2 Å². The average Bonchev–Trinajstić information content (AvgIpc) is 3.50. The molecule has 338 valence electrons. The van der Waals surface area contributed by atoms with Crippen LogP contribution in [0.15, 0.2) is 39.5 Å². The highest BCUT2D eigenvalue weighted by molar-refractivity contribution is 5.88. The first kappa shape index (κ1) is 45.0. The second kappa shape index (κ2) is 17.6. The van der Waals surface area contributed by atoms with Crippen molar-refractivity contribution in [2.75, 3.05) is 26.4 Å². The third-order valence-corrected chi connectivity index (χ3v) is 10.9. The van der Waals surface area contributed by atoms with Crippen molar-refractivity contribution in [2.24, 2.45) is 0 Å². The van der Waals surface area contributed by atoms with Crippen molar-refractivity contribution in [3.8, 4) is 40.1 Å². The van der Waals surface area contributed by atoms with Gasteiger partial charge in [0.1, 0.15) is 89.1 Å². The number of ether oxygens (including phenoxy) is 8. The molecular weight excluding hydrogens is 828 g/mol. The quantitative estimate of drug-likeness (QED) is 0.0804.